The molecule has 8 nitrogen and oxygen atoms in total. The molecule has 0 aliphatic carbocycles. The van der Waals surface area contributed by atoms with E-state index in [1.54, 1.807) is 26.0 Å². The maximum atomic E-state index is 13.2. The zero-order valence-corrected chi connectivity index (χ0v) is 16.0. The van der Waals surface area contributed by atoms with Crippen molar-refractivity contribution in [3.8, 4) is 11.3 Å². The monoisotopic (exact) mass is 432 g/mol. The third-order valence-corrected chi connectivity index (χ3v) is 4.85. The van der Waals surface area contributed by atoms with E-state index in [4.69, 9.17) is 10.2 Å². The van der Waals surface area contributed by atoms with E-state index < -0.39 is 5.69 Å². The van der Waals surface area contributed by atoms with Crippen molar-refractivity contribution in [3.63, 3.8) is 0 Å². The molecule has 0 fully saturated rings. The molecule has 138 valence electrons. The van der Waals surface area contributed by atoms with Crippen LogP contribution in [-0.2, 0) is 6.54 Å². The van der Waals surface area contributed by atoms with Crippen LogP contribution in [0.5, 0.6) is 0 Å². The molecular formula is C17H14BrFN6O2. The van der Waals surface area contributed by atoms with Crippen LogP contribution in [0.4, 0.5) is 10.3 Å². The minimum Gasteiger partial charge on any atom is -0.446 e. The van der Waals surface area contributed by atoms with Crippen LogP contribution in [0.25, 0.3) is 16.9 Å². The minimum atomic E-state index is -0.443. The van der Waals surface area contributed by atoms with Gasteiger partial charge in [-0.05, 0) is 47.1 Å². The van der Waals surface area contributed by atoms with E-state index in [1.165, 1.54) is 21.2 Å². The second-order valence-corrected chi connectivity index (χ2v) is 6.77. The van der Waals surface area contributed by atoms with Crippen LogP contribution in [-0.4, -0.2) is 24.1 Å². The Bertz CT molecular complexity index is 1230. The first-order valence-electron chi connectivity index (χ1n) is 7.98. The normalized spacial score (nSPS) is 11.4. The highest BCUT2D eigenvalue weighted by atomic mass is 79.9. The van der Waals surface area contributed by atoms with Crippen molar-refractivity contribution in [1.82, 2.24) is 24.1 Å². The first kappa shape index (κ1) is 17.4. The van der Waals surface area contributed by atoms with Crippen LogP contribution in [0, 0.1) is 19.7 Å². The highest BCUT2D eigenvalue weighted by Gasteiger charge is 2.20. The summed E-state index contributed by atoms with van der Waals surface area (Å²) in [7, 11) is 0. The summed E-state index contributed by atoms with van der Waals surface area (Å²) in [6, 6.07) is 5.80. The Balaban J connectivity index is 1.88. The van der Waals surface area contributed by atoms with Crippen LogP contribution in [0.2, 0.25) is 0 Å². The molecule has 4 rings (SSSR count). The number of nitrogens with two attached hydrogens (primary N) is 1. The number of hydrogen-bond donors (Lipinski definition) is 1. The average Bonchev–Trinajstić information content (AvgIpc) is 3.12. The molecule has 27 heavy (non-hydrogen) atoms. The topological polar surface area (TPSA) is 104 Å². The summed E-state index contributed by atoms with van der Waals surface area (Å²) in [5.74, 6) is 0.758. The number of nitrogens with zero attached hydrogens (tertiary/aromatic N) is 5. The molecule has 0 atom stereocenters. The van der Waals surface area contributed by atoms with Crippen LogP contribution in [0.15, 0.2) is 37.9 Å². The third-order valence-electron chi connectivity index (χ3n) is 4.12. The summed E-state index contributed by atoms with van der Waals surface area (Å²) in [4.78, 5) is 21.3. The number of rotatable bonds is 3. The molecular weight excluding hydrogens is 419 g/mol. The van der Waals surface area contributed by atoms with Crippen molar-refractivity contribution in [2.45, 2.75) is 20.4 Å². The van der Waals surface area contributed by atoms with Gasteiger partial charge in [0.25, 0.3) is 0 Å². The van der Waals surface area contributed by atoms with E-state index in [1.807, 2.05) is 0 Å². The van der Waals surface area contributed by atoms with Crippen LogP contribution < -0.4 is 11.4 Å². The number of aryl methyl sites for hydroxylation is 2. The van der Waals surface area contributed by atoms with Crippen molar-refractivity contribution in [1.29, 1.82) is 0 Å². The third kappa shape index (κ3) is 2.91. The van der Waals surface area contributed by atoms with Crippen molar-refractivity contribution in [2.75, 3.05) is 5.73 Å². The molecule has 0 amide bonds. The first-order valence-corrected chi connectivity index (χ1v) is 8.78. The Kier molecular flexibility index (Phi) is 4.06. The predicted molar refractivity (Wildman–Crippen MR) is 99.8 cm³/mol. The van der Waals surface area contributed by atoms with Gasteiger partial charge < -0.3 is 10.2 Å². The Morgan fingerprint density at radius 1 is 1.22 bits per heavy atom. The zero-order valence-electron chi connectivity index (χ0n) is 14.4. The molecule has 0 saturated carbocycles. The quantitative estimate of drug-likeness (QED) is 0.533. The summed E-state index contributed by atoms with van der Waals surface area (Å²) in [6.45, 7) is 3.65. The minimum absolute atomic E-state index is 0.0168. The van der Waals surface area contributed by atoms with Crippen molar-refractivity contribution < 1.29 is 8.81 Å². The lowest BCUT2D eigenvalue weighted by Crippen LogP contribution is -2.24. The largest absolute Gasteiger partial charge is 0.446 e. The molecule has 3 aromatic heterocycles. The summed E-state index contributed by atoms with van der Waals surface area (Å²) in [6.07, 6.45) is 0. The molecule has 0 saturated heterocycles. The molecule has 1 aromatic carbocycles. The number of benzene rings is 1. The van der Waals surface area contributed by atoms with Crippen molar-refractivity contribution in [2.24, 2.45) is 0 Å². The second-order valence-electron chi connectivity index (χ2n) is 5.97. The second kappa shape index (κ2) is 6.31. The highest BCUT2D eigenvalue weighted by molar-refractivity contribution is 9.10. The van der Waals surface area contributed by atoms with E-state index in [9.17, 15) is 9.18 Å². The van der Waals surface area contributed by atoms with Gasteiger partial charge in [0.1, 0.15) is 17.3 Å². The maximum Gasteiger partial charge on any atom is 0.353 e. The number of halogens is 2. The van der Waals surface area contributed by atoms with Gasteiger partial charge in [-0.25, -0.2) is 28.2 Å². The standard InChI is InChI=1S/C17H14BrFN6O2/c1-8-12(21-9(2)27-8)7-24-17(26)25-15(23-24)13(18)14(22-16(25)20)10-3-5-11(19)6-4-10/h3-6H,7H2,1-2H3,(H2,20,22). The fourth-order valence-corrected chi connectivity index (χ4v) is 3.41. The fourth-order valence-electron chi connectivity index (χ4n) is 2.84. The molecule has 0 radical (unpaired) electrons. The lowest BCUT2D eigenvalue weighted by molar-refractivity contribution is 0.491. The smallest absolute Gasteiger partial charge is 0.353 e. The van der Waals surface area contributed by atoms with Gasteiger partial charge in [-0.15, -0.1) is 5.10 Å². The molecule has 3 heterocycles. The van der Waals surface area contributed by atoms with E-state index >= 15 is 0 Å². The van der Waals surface area contributed by atoms with Crippen LogP contribution >= 0.6 is 15.9 Å². The van der Waals surface area contributed by atoms with E-state index in [0.29, 0.717) is 38.7 Å². The van der Waals surface area contributed by atoms with E-state index in [2.05, 4.69) is 31.0 Å². The SMILES string of the molecule is Cc1nc(Cn2nc3c(Br)c(-c4ccc(F)cc4)nc(N)n3c2=O)c(C)o1. The van der Waals surface area contributed by atoms with Gasteiger partial charge in [0, 0.05) is 12.5 Å². The van der Waals surface area contributed by atoms with Crippen molar-refractivity contribution >= 4 is 27.5 Å². The first-order chi connectivity index (χ1) is 12.8. The molecule has 0 aliphatic heterocycles. The predicted octanol–water partition coefficient (Wildman–Crippen LogP) is 2.69. The van der Waals surface area contributed by atoms with Gasteiger partial charge in [0.05, 0.1) is 16.7 Å². The fraction of sp³-hybridized carbons (Fsp3) is 0.176. The number of anilines is 1. The van der Waals surface area contributed by atoms with E-state index in [0.717, 1.165) is 0 Å². The molecule has 0 aliphatic rings. The summed E-state index contributed by atoms with van der Waals surface area (Å²) in [5, 5.41) is 4.37. The molecule has 0 unspecified atom stereocenters. The summed E-state index contributed by atoms with van der Waals surface area (Å²) >= 11 is 3.44. The lowest BCUT2D eigenvalue weighted by Gasteiger charge is -2.06. The van der Waals surface area contributed by atoms with Gasteiger partial charge in [-0.1, -0.05) is 0 Å². The zero-order chi connectivity index (χ0) is 19.3. The molecule has 4 aromatic rings. The van der Waals surface area contributed by atoms with Gasteiger partial charge in [-0.2, -0.15) is 0 Å². The molecule has 10 heteroatoms. The highest BCUT2D eigenvalue weighted by Crippen LogP contribution is 2.30. The maximum absolute atomic E-state index is 13.2. The van der Waals surface area contributed by atoms with Gasteiger partial charge >= 0.3 is 5.69 Å². The number of hydrogen-bond acceptors (Lipinski definition) is 6. The average molecular weight is 433 g/mol. The summed E-state index contributed by atoms with van der Waals surface area (Å²) < 4.78 is 21.5. The van der Waals surface area contributed by atoms with Crippen LogP contribution in [0.3, 0.4) is 0 Å². The summed E-state index contributed by atoms with van der Waals surface area (Å²) in [5.41, 5.74) is 7.59. The lowest BCUT2D eigenvalue weighted by atomic mass is 10.1. The van der Waals surface area contributed by atoms with Crippen LogP contribution in [0.1, 0.15) is 17.3 Å². The number of nitrogen functional groups attached to an aromatic ring is 1. The Hall–Kier alpha value is -3.01. The number of fused-ring (bicyclic) bond motifs is 1. The molecule has 0 spiro atoms. The van der Waals surface area contributed by atoms with Gasteiger partial charge in [0.15, 0.2) is 11.5 Å². The molecule has 0 bridgehead atoms. The van der Waals surface area contributed by atoms with Crippen molar-refractivity contribution in [3.05, 3.63) is 62.4 Å². The van der Waals surface area contributed by atoms with Gasteiger partial charge in [-0.3, -0.25) is 0 Å². The molecule has 2 N–H and O–H groups in total. The Morgan fingerprint density at radius 3 is 2.56 bits per heavy atom. The Morgan fingerprint density at radius 2 is 1.93 bits per heavy atom. The van der Waals surface area contributed by atoms with Gasteiger partial charge in [0.2, 0.25) is 5.95 Å². The Labute approximate surface area is 160 Å². The number of aromatic nitrogens is 5. The van der Waals surface area contributed by atoms with E-state index in [-0.39, 0.29) is 18.3 Å². The number of oxazole rings is 1.